The summed E-state index contributed by atoms with van der Waals surface area (Å²) in [6.45, 7) is 6.76. The lowest BCUT2D eigenvalue weighted by Gasteiger charge is -2.19. The summed E-state index contributed by atoms with van der Waals surface area (Å²) in [6, 6.07) is 0.212. The number of urea groups is 1. The Morgan fingerprint density at radius 2 is 2.46 bits per heavy atom. The fourth-order valence-corrected chi connectivity index (χ4v) is 1.64. The second-order valence-corrected chi connectivity index (χ2v) is 3.55. The Bertz CT molecular complexity index is 166. The van der Waals surface area contributed by atoms with Crippen LogP contribution in [0.3, 0.4) is 0 Å². The molecule has 4 nitrogen and oxygen atoms in total. The molecule has 13 heavy (non-hydrogen) atoms. The molecule has 0 bridgehead atoms. The van der Waals surface area contributed by atoms with Gasteiger partial charge in [0.25, 0.3) is 0 Å². The van der Waals surface area contributed by atoms with Crippen LogP contribution in [-0.2, 0) is 0 Å². The highest BCUT2D eigenvalue weighted by Crippen LogP contribution is 2.11. The molecule has 0 saturated carbocycles. The lowest BCUT2D eigenvalue weighted by atomic mass is 10.0. The number of hydrogen-bond donors (Lipinski definition) is 3. The Morgan fingerprint density at radius 1 is 1.69 bits per heavy atom. The first-order valence-corrected chi connectivity index (χ1v) is 4.99. The summed E-state index contributed by atoms with van der Waals surface area (Å²) in [6.07, 6.45) is 1.16. The van der Waals surface area contributed by atoms with Gasteiger partial charge in [-0.1, -0.05) is 0 Å². The number of rotatable bonds is 3. The predicted octanol–water partition coefficient (Wildman–Crippen LogP) is 0.304. The minimum atomic E-state index is -0.0538. The zero-order valence-corrected chi connectivity index (χ0v) is 8.39. The normalized spacial score (nSPS) is 24.0. The maximum absolute atomic E-state index is 11.2. The molecule has 3 N–H and O–H groups in total. The molecule has 1 heterocycles. The van der Waals surface area contributed by atoms with Crippen LogP contribution in [0.4, 0.5) is 4.79 Å². The largest absolute Gasteiger partial charge is 0.338 e. The number of carbonyl (C=O) groups excluding carboxylic acids is 1. The van der Waals surface area contributed by atoms with E-state index in [1.54, 1.807) is 0 Å². The third-order valence-corrected chi connectivity index (χ3v) is 2.50. The van der Waals surface area contributed by atoms with E-state index < -0.39 is 0 Å². The van der Waals surface area contributed by atoms with Crippen LogP contribution in [0, 0.1) is 5.92 Å². The third-order valence-electron chi connectivity index (χ3n) is 2.50. The van der Waals surface area contributed by atoms with Crippen molar-refractivity contribution in [2.75, 3.05) is 19.6 Å². The van der Waals surface area contributed by atoms with Crippen LogP contribution in [0.1, 0.15) is 20.3 Å². The van der Waals surface area contributed by atoms with E-state index in [0.717, 1.165) is 19.5 Å². The Balaban J connectivity index is 2.22. The first-order chi connectivity index (χ1) is 6.24. The van der Waals surface area contributed by atoms with Crippen molar-refractivity contribution in [3.63, 3.8) is 0 Å². The van der Waals surface area contributed by atoms with Crippen molar-refractivity contribution >= 4 is 6.03 Å². The molecule has 2 unspecified atom stereocenters. The Morgan fingerprint density at radius 3 is 3.00 bits per heavy atom. The monoisotopic (exact) mass is 185 g/mol. The molecule has 2 atom stereocenters. The molecule has 2 amide bonds. The molecule has 0 aromatic carbocycles. The predicted molar refractivity (Wildman–Crippen MR) is 52.6 cm³/mol. The molecule has 0 aromatic heterocycles. The number of carbonyl (C=O) groups is 1. The van der Waals surface area contributed by atoms with Gasteiger partial charge in [-0.3, -0.25) is 0 Å². The second-order valence-electron chi connectivity index (χ2n) is 3.55. The first kappa shape index (κ1) is 10.3. The highest BCUT2D eigenvalue weighted by Gasteiger charge is 2.21. The van der Waals surface area contributed by atoms with Gasteiger partial charge >= 0.3 is 6.03 Å². The lowest BCUT2D eigenvalue weighted by molar-refractivity contribution is 0.234. The minimum absolute atomic E-state index is 0.0538. The standard InChI is InChI=1S/C9H19N3O/c1-3-11-9(13)12-7(2)8-4-5-10-6-8/h7-8,10H,3-6H2,1-2H3,(H2,11,12,13). The van der Waals surface area contributed by atoms with Gasteiger partial charge in [-0.15, -0.1) is 0 Å². The van der Waals surface area contributed by atoms with E-state index in [1.165, 1.54) is 0 Å². The van der Waals surface area contributed by atoms with Crippen molar-refractivity contribution in [3.8, 4) is 0 Å². The average Bonchev–Trinajstić information content (AvgIpc) is 2.55. The Kier molecular flexibility index (Phi) is 4.02. The summed E-state index contributed by atoms with van der Waals surface area (Å²) < 4.78 is 0. The SMILES string of the molecule is CCNC(=O)NC(C)C1CCNC1. The second kappa shape index (κ2) is 5.07. The van der Waals surface area contributed by atoms with Gasteiger partial charge in [0.1, 0.15) is 0 Å². The van der Waals surface area contributed by atoms with Crippen LogP contribution in [0.2, 0.25) is 0 Å². The molecule has 0 radical (unpaired) electrons. The first-order valence-electron chi connectivity index (χ1n) is 4.99. The van der Waals surface area contributed by atoms with Crippen LogP contribution in [0.25, 0.3) is 0 Å². The highest BCUT2D eigenvalue weighted by atomic mass is 16.2. The number of nitrogens with one attached hydrogen (secondary N) is 3. The summed E-state index contributed by atoms with van der Waals surface area (Å²) in [5.74, 6) is 0.586. The zero-order chi connectivity index (χ0) is 9.68. The fraction of sp³-hybridized carbons (Fsp3) is 0.889. The summed E-state index contributed by atoms with van der Waals surface area (Å²) in [4.78, 5) is 11.2. The van der Waals surface area contributed by atoms with Crippen LogP contribution < -0.4 is 16.0 Å². The molecule has 76 valence electrons. The van der Waals surface area contributed by atoms with E-state index in [1.807, 2.05) is 6.92 Å². The topological polar surface area (TPSA) is 53.2 Å². The van der Waals surface area contributed by atoms with Crippen molar-refractivity contribution in [2.45, 2.75) is 26.3 Å². The van der Waals surface area contributed by atoms with Crippen LogP contribution in [0.5, 0.6) is 0 Å². The maximum atomic E-state index is 11.2. The lowest BCUT2D eigenvalue weighted by Crippen LogP contribution is -2.44. The summed E-state index contributed by atoms with van der Waals surface area (Å²) in [5, 5.41) is 8.95. The van der Waals surface area contributed by atoms with Gasteiger partial charge < -0.3 is 16.0 Å². The number of hydrogen-bond acceptors (Lipinski definition) is 2. The van der Waals surface area contributed by atoms with Gasteiger partial charge in [0.05, 0.1) is 0 Å². The van der Waals surface area contributed by atoms with E-state index in [9.17, 15) is 4.79 Å². The molecular formula is C9H19N3O. The summed E-state index contributed by atoms with van der Waals surface area (Å²) >= 11 is 0. The van der Waals surface area contributed by atoms with Crippen molar-refractivity contribution in [1.29, 1.82) is 0 Å². The van der Waals surface area contributed by atoms with Crippen molar-refractivity contribution in [1.82, 2.24) is 16.0 Å². The Labute approximate surface area is 79.5 Å². The molecular weight excluding hydrogens is 166 g/mol. The smallest absolute Gasteiger partial charge is 0.314 e. The quantitative estimate of drug-likeness (QED) is 0.592. The van der Waals surface area contributed by atoms with Gasteiger partial charge in [0.15, 0.2) is 0 Å². The van der Waals surface area contributed by atoms with Crippen molar-refractivity contribution in [2.24, 2.45) is 5.92 Å². The zero-order valence-electron chi connectivity index (χ0n) is 8.39. The van der Waals surface area contributed by atoms with E-state index in [4.69, 9.17) is 0 Å². The van der Waals surface area contributed by atoms with Crippen LogP contribution in [0.15, 0.2) is 0 Å². The molecule has 0 spiro atoms. The molecule has 1 aliphatic rings. The summed E-state index contributed by atoms with van der Waals surface area (Å²) in [7, 11) is 0. The fourth-order valence-electron chi connectivity index (χ4n) is 1.64. The van der Waals surface area contributed by atoms with E-state index in [0.29, 0.717) is 12.5 Å². The minimum Gasteiger partial charge on any atom is -0.338 e. The van der Waals surface area contributed by atoms with E-state index in [2.05, 4.69) is 22.9 Å². The maximum Gasteiger partial charge on any atom is 0.314 e. The van der Waals surface area contributed by atoms with Crippen molar-refractivity contribution < 1.29 is 4.79 Å². The molecule has 4 heteroatoms. The van der Waals surface area contributed by atoms with Gasteiger partial charge in [0.2, 0.25) is 0 Å². The molecule has 1 fully saturated rings. The molecule has 1 aliphatic heterocycles. The molecule has 0 aliphatic carbocycles. The average molecular weight is 185 g/mol. The van der Waals surface area contributed by atoms with Crippen molar-refractivity contribution in [3.05, 3.63) is 0 Å². The summed E-state index contributed by atoms with van der Waals surface area (Å²) in [5.41, 5.74) is 0. The van der Waals surface area contributed by atoms with Gasteiger partial charge in [-0.2, -0.15) is 0 Å². The third kappa shape index (κ3) is 3.22. The van der Waals surface area contributed by atoms with Gasteiger partial charge in [0, 0.05) is 12.6 Å². The van der Waals surface area contributed by atoms with Gasteiger partial charge in [-0.05, 0) is 39.3 Å². The highest BCUT2D eigenvalue weighted by molar-refractivity contribution is 5.74. The molecule has 1 rings (SSSR count). The Hall–Kier alpha value is -0.770. The van der Waals surface area contributed by atoms with Crippen LogP contribution >= 0.6 is 0 Å². The molecule has 1 saturated heterocycles. The van der Waals surface area contributed by atoms with Crippen LogP contribution in [-0.4, -0.2) is 31.7 Å². The van der Waals surface area contributed by atoms with E-state index in [-0.39, 0.29) is 12.1 Å². The number of amides is 2. The molecule has 0 aromatic rings. The van der Waals surface area contributed by atoms with E-state index >= 15 is 0 Å². The van der Waals surface area contributed by atoms with Gasteiger partial charge in [-0.25, -0.2) is 4.79 Å².